The predicted octanol–water partition coefficient (Wildman–Crippen LogP) is 3.97. The monoisotopic (exact) mass is 618 g/mol. The molecule has 0 spiro atoms. The lowest BCUT2D eigenvalue weighted by molar-refractivity contribution is -0.225. The first-order chi connectivity index (χ1) is 22.0. The number of hydrogen-bond acceptors (Lipinski definition) is 10. The van der Waals surface area contributed by atoms with E-state index in [0.29, 0.717) is 30.0 Å². The number of rotatable bonds is 13. The van der Waals surface area contributed by atoms with Gasteiger partial charge in [0.1, 0.15) is 24.1 Å². The van der Waals surface area contributed by atoms with E-state index in [0.717, 1.165) is 42.4 Å². The van der Waals surface area contributed by atoms with E-state index < -0.39 is 17.7 Å². The summed E-state index contributed by atoms with van der Waals surface area (Å²) in [6, 6.07) is 13.9. The lowest BCUT2D eigenvalue weighted by atomic mass is 9.55. The van der Waals surface area contributed by atoms with E-state index in [9.17, 15) is 25.5 Å². The zero-order chi connectivity index (χ0) is 31.4. The predicted molar refractivity (Wildman–Crippen MR) is 165 cm³/mol. The van der Waals surface area contributed by atoms with Crippen LogP contribution in [-0.4, -0.2) is 65.2 Å². The highest BCUT2D eigenvalue weighted by Crippen LogP contribution is 2.62. The van der Waals surface area contributed by atoms with Crippen LogP contribution in [0.1, 0.15) is 73.7 Å². The molecule has 5 N–H and O–H groups in total. The summed E-state index contributed by atoms with van der Waals surface area (Å²) in [5.74, 6) is -1.95. The number of aliphatic hydroxyl groups excluding tert-OH is 3. The molecule has 6 atom stereocenters. The molecule has 1 fully saturated rings. The number of aromatic nitrogens is 3. The van der Waals surface area contributed by atoms with Crippen LogP contribution < -0.4 is 4.74 Å². The maximum Gasteiger partial charge on any atom is 0.238 e. The van der Waals surface area contributed by atoms with Crippen LogP contribution in [0.4, 0.5) is 0 Å². The van der Waals surface area contributed by atoms with Crippen molar-refractivity contribution in [1.29, 1.82) is 0 Å². The SMILES string of the molecule is OCCCCC1C=C2C(=NOCc3ccccc3)CC(n3nncc3CO)C3(O)Oc4ccc(O)cc4C(C1CCCCO)C23. The molecular formula is C34H42N4O7. The molecule has 1 aromatic heterocycles. The average Bonchev–Trinajstić information content (AvgIpc) is 3.52. The Labute approximate surface area is 262 Å². The van der Waals surface area contributed by atoms with Gasteiger partial charge in [-0.2, -0.15) is 0 Å². The summed E-state index contributed by atoms with van der Waals surface area (Å²) in [6.45, 7) is 0.147. The largest absolute Gasteiger partial charge is 0.508 e. The number of phenolic OH excluding ortho intramolecular Hbond substituents is 1. The Balaban J connectivity index is 1.51. The van der Waals surface area contributed by atoms with Crippen LogP contribution >= 0.6 is 0 Å². The van der Waals surface area contributed by atoms with Crippen LogP contribution in [0.5, 0.6) is 11.5 Å². The fraction of sp³-hybridized carbons (Fsp3) is 0.500. The van der Waals surface area contributed by atoms with E-state index >= 15 is 0 Å². The standard InChI is InChI=1S/C34H42N4O7/c39-14-6-4-10-23-16-27-29(36-44-21-22-8-2-1-3-9-22)18-31(38-24(20-41)19-35-37-38)34(43)33(27)32(26(23)11-5-7-15-40)28-17-25(42)12-13-30(28)45-34/h1-3,8-9,12-13,16-17,19,23,26,31-33,39-43H,4-7,10-11,14-15,18,20-21H2. The van der Waals surface area contributed by atoms with Crippen LogP contribution in [0.2, 0.25) is 0 Å². The number of aliphatic hydroxyl groups is 4. The number of benzene rings is 2. The molecule has 3 aliphatic rings. The van der Waals surface area contributed by atoms with Crippen LogP contribution in [0.3, 0.4) is 0 Å². The third-order valence-corrected chi connectivity index (χ3v) is 9.61. The van der Waals surface area contributed by atoms with Gasteiger partial charge in [-0.3, -0.25) is 0 Å². The minimum Gasteiger partial charge on any atom is -0.508 e. The maximum atomic E-state index is 12.8. The molecule has 45 heavy (non-hydrogen) atoms. The van der Waals surface area contributed by atoms with Crippen molar-refractivity contribution in [2.75, 3.05) is 13.2 Å². The van der Waals surface area contributed by atoms with Gasteiger partial charge in [0.2, 0.25) is 5.79 Å². The van der Waals surface area contributed by atoms with Gasteiger partial charge in [-0.05, 0) is 66.9 Å². The van der Waals surface area contributed by atoms with Crippen molar-refractivity contribution in [3.63, 3.8) is 0 Å². The fourth-order valence-electron chi connectivity index (χ4n) is 7.61. The number of aromatic hydroxyl groups is 1. The van der Waals surface area contributed by atoms with Crippen LogP contribution in [0, 0.1) is 17.8 Å². The second-order valence-corrected chi connectivity index (χ2v) is 12.3. The molecule has 0 amide bonds. The third kappa shape index (κ3) is 6.09. The molecule has 11 heteroatoms. The van der Waals surface area contributed by atoms with E-state index in [4.69, 9.17) is 9.57 Å². The summed E-state index contributed by atoms with van der Waals surface area (Å²) in [6.07, 6.45) is 8.45. The Hall–Kier alpha value is -3.77. The molecule has 240 valence electrons. The van der Waals surface area contributed by atoms with Crippen molar-refractivity contribution in [1.82, 2.24) is 15.0 Å². The van der Waals surface area contributed by atoms with Crippen molar-refractivity contribution < 1.29 is 35.1 Å². The van der Waals surface area contributed by atoms with Crippen LogP contribution in [0.25, 0.3) is 0 Å². The highest BCUT2D eigenvalue weighted by atomic mass is 16.6. The molecule has 1 saturated carbocycles. The van der Waals surface area contributed by atoms with E-state index in [1.165, 1.54) is 10.9 Å². The van der Waals surface area contributed by atoms with Gasteiger partial charge in [-0.25, -0.2) is 4.68 Å². The summed E-state index contributed by atoms with van der Waals surface area (Å²) in [7, 11) is 0. The highest BCUT2D eigenvalue weighted by Gasteiger charge is 2.63. The Kier molecular flexibility index (Phi) is 9.50. The third-order valence-electron chi connectivity index (χ3n) is 9.61. The molecule has 1 aliphatic heterocycles. The first-order valence-corrected chi connectivity index (χ1v) is 15.9. The molecule has 6 unspecified atom stereocenters. The average molecular weight is 619 g/mol. The van der Waals surface area contributed by atoms with Gasteiger partial charge < -0.3 is 35.1 Å². The molecule has 11 nitrogen and oxygen atoms in total. The fourth-order valence-corrected chi connectivity index (χ4v) is 7.61. The van der Waals surface area contributed by atoms with E-state index in [-0.39, 0.29) is 56.4 Å². The van der Waals surface area contributed by atoms with Gasteiger partial charge >= 0.3 is 0 Å². The van der Waals surface area contributed by atoms with Gasteiger partial charge in [0.25, 0.3) is 0 Å². The number of phenols is 1. The second kappa shape index (κ2) is 13.7. The van der Waals surface area contributed by atoms with Crippen LogP contribution in [-0.2, 0) is 18.1 Å². The van der Waals surface area contributed by atoms with Crippen molar-refractivity contribution >= 4 is 5.71 Å². The number of ether oxygens (including phenoxy) is 1. The molecule has 3 aromatic rings. The Morgan fingerprint density at radius 3 is 2.53 bits per heavy atom. The lowest BCUT2D eigenvalue weighted by Crippen LogP contribution is -2.62. The van der Waals surface area contributed by atoms with Gasteiger partial charge in [0, 0.05) is 31.1 Å². The van der Waals surface area contributed by atoms with Gasteiger partial charge in [-0.1, -0.05) is 59.6 Å². The Bertz CT molecular complexity index is 1510. The molecular weight excluding hydrogens is 576 g/mol. The summed E-state index contributed by atoms with van der Waals surface area (Å²) >= 11 is 0. The topological polar surface area (TPSA) is 163 Å². The number of hydrogen-bond donors (Lipinski definition) is 5. The van der Waals surface area contributed by atoms with Crippen molar-refractivity contribution in [2.24, 2.45) is 22.9 Å². The van der Waals surface area contributed by atoms with Gasteiger partial charge in [-0.15, -0.1) is 5.10 Å². The zero-order valence-corrected chi connectivity index (χ0v) is 25.3. The molecule has 0 saturated heterocycles. The van der Waals surface area contributed by atoms with E-state index in [1.807, 2.05) is 30.3 Å². The number of fused-ring (bicyclic) bond motifs is 2. The summed E-state index contributed by atoms with van der Waals surface area (Å²) in [5.41, 5.74) is 3.69. The van der Waals surface area contributed by atoms with E-state index in [2.05, 4.69) is 21.5 Å². The second-order valence-electron chi connectivity index (χ2n) is 12.3. The van der Waals surface area contributed by atoms with Crippen LogP contribution in [0.15, 0.2) is 71.5 Å². The minimum absolute atomic E-state index is 0.0401. The van der Waals surface area contributed by atoms with Crippen molar-refractivity contribution in [3.05, 3.63) is 83.2 Å². The quantitative estimate of drug-likeness (QED) is 0.141. The first kappa shape index (κ1) is 31.2. The minimum atomic E-state index is -1.79. The van der Waals surface area contributed by atoms with Gasteiger partial charge in [0.05, 0.1) is 30.1 Å². The summed E-state index contributed by atoms with van der Waals surface area (Å²) < 4.78 is 8.07. The van der Waals surface area contributed by atoms with Gasteiger partial charge in [0.15, 0.2) is 0 Å². The molecule has 0 bridgehead atoms. The smallest absolute Gasteiger partial charge is 0.238 e. The molecule has 2 aromatic carbocycles. The lowest BCUT2D eigenvalue weighted by Gasteiger charge is -2.56. The summed E-state index contributed by atoms with van der Waals surface area (Å²) in [4.78, 5) is 5.94. The first-order valence-electron chi connectivity index (χ1n) is 15.9. The zero-order valence-electron chi connectivity index (χ0n) is 25.3. The number of unbranched alkanes of at least 4 members (excludes halogenated alkanes) is 2. The molecule has 2 heterocycles. The van der Waals surface area contributed by atoms with E-state index in [1.54, 1.807) is 18.2 Å². The molecule has 2 aliphatic carbocycles. The number of allylic oxidation sites excluding steroid dienone is 1. The highest BCUT2D eigenvalue weighted by molar-refractivity contribution is 6.02. The Morgan fingerprint density at radius 2 is 1.78 bits per heavy atom. The van der Waals surface area contributed by atoms with Crippen molar-refractivity contribution in [2.45, 2.75) is 75.9 Å². The molecule has 6 rings (SSSR count). The molecule has 0 radical (unpaired) electrons. The number of oxime groups is 1. The normalized spacial score (nSPS) is 27.8. The summed E-state index contributed by atoms with van der Waals surface area (Å²) in [5, 5.41) is 65.8. The Morgan fingerprint density at radius 1 is 1.00 bits per heavy atom. The number of nitrogens with zero attached hydrogens (tertiary/aromatic N) is 4. The van der Waals surface area contributed by atoms with Crippen molar-refractivity contribution in [3.8, 4) is 11.5 Å². The maximum absolute atomic E-state index is 12.8.